The summed E-state index contributed by atoms with van der Waals surface area (Å²) in [5, 5.41) is 3.51. The Morgan fingerprint density at radius 2 is 2.58 bits per heavy atom. The number of nitrogens with one attached hydrogen (secondary N) is 1. The van der Waals surface area contributed by atoms with Crippen molar-refractivity contribution in [2.24, 2.45) is 0 Å². The summed E-state index contributed by atoms with van der Waals surface area (Å²) >= 11 is 0. The Morgan fingerprint density at radius 1 is 1.67 bits per heavy atom. The highest BCUT2D eigenvalue weighted by Gasteiger charge is 2.16. The van der Waals surface area contributed by atoms with E-state index in [1.165, 1.54) is 17.5 Å². The molecule has 1 aliphatic heterocycles. The normalized spacial score (nSPS) is 21.9. The molecular weight excluding hydrogens is 146 g/mol. The van der Waals surface area contributed by atoms with Crippen LogP contribution in [0.1, 0.15) is 30.5 Å². The number of rotatable bonds is 1. The Bertz CT molecular complexity index is 267. The molecule has 0 saturated carbocycles. The van der Waals surface area contributed by atoms with Gasteiger partial charge in [-0.15, -0.1) is 0 Å². The molecule has 0 bridgehead atoms. The Kier molecular flexibility index (Phi) is 2.13. The molecule has 2 rings (SSSR count). The molecule has 0 fully saturated rings. The fourth-order valence-corrected chi connectivity index (χ4v) is 1.89. The van der Waals surface area contributed by atoms with Gasteiger partial charge in [0.25, 0.3) is 0 Å². The van der Waals surface area contributed by atoms with Crippen molar-refractivity contribution in [2.75, 3.05) is 6.54 Å². The van der Waals surface area contributed by atoms with Crippen molar-refractivity contribution < 1.29 is 0 Å². The SMILES string of the molecule is CCC1NCCc2c[c]ccc21. The van der Waals surface area contributed by atoms with Crippen molar-refractivity contribution in [3.63, 3.8) is 0 Å². The third-order valence-electron chi connectivity index (χ3n) is 2.56. The summed E-state index contributed by atoms with van der Waals surface area (Å²) in [5.41, 5.74) is 2.95. The van der Waals surface area contributed by atoms with Gasteiger partial charge in [-0.2, -0.15) is 0 Å². The maximum atomic E-state index is 3.51. The van der Waals surface area contributed by atoms with Crippen LogP contribution in [0.15, 0.2) is 18.2 Å². The number of hydrogen-bond donors (Lipinski definition) is 1. The minimum atomic E-state index is 0.573. The highest BCUT2D eigenvalue weighted by Crippen LogP contribution is 2.24. The Hall–Kier alpha value is -0.820. The first-order valence-corrected chi connectivity index (χ1v) is 4.64. The molecule has 12 heavy (non-hydrogen) atoms. The van der Waals surface area contributed by atoms with Gasteiger partial charge in [-0.3, -0.25) is 0 Å². The van der Waals surface area contributed by atoms with E-state index in [1.54, 1.807) is 0 Å². The standard InChI is InChI=1S/C11H14N/c1-2-11-10-6-4-3-5-9(10)7-8-12-11/h4-6,11-12H,2,7-8H2,1H3. The molecule has 1 aromatic carbocycles. The molecule has 1 heteroatoms. The second-order valence-corrected chi connectivity index (χ2v) is 3.29. The first-order valence-electron chi connectivity index (χ1n) is 4.64. The summed E-state index contributed by atoms with van der Waals surface area (Å²) in [4.78, 5) is 0. The van der Waals surface area contributed by atoms with E-state index in [0.29, 0.717) is 6.04 Å². The highest BCUT2D eigenvalue weighted by atomic mass is 14.9. The van der Waals surface area contributed by atoms with Gasteiger partial charge in [0, 0.05) is 6.04 Å². The first kappa shape index (κ1) is 7.81. The molecule has 1 N–H and O–H groups in total. The van der Waals surface area contributed by atoms with Gasteiger partial charge in [0.1, 0.15) is 0 Å². The number of hydrogen-bond acceptors (Lipinski definition) is 1. The summed E-state index contributed by atoms with van der Waals surface area (Å²) in [5.74, 6) is 0. The Morgan fingerprint density at radius 3 is 3.42 bits per heavy atom. The lowest BCUT2D eigenvalue weighted by atomic mass is 9.93. The van der Waals surface area contributed by atoms with Crippen LogP contribution in [0.3, 0.4) is 0 Å². The lowest BCUT2D eigenvalue weighted by molar-refractivity contribution is 0.492. The fraction of sp³-hybridized carbons (Fsp3) is 0.455. The molecule has 1 nitrogen and oxygen atoms in total. The maximum absolute atomic E-state index is 3.51. The minimum absolute atomic E-state index is 0.573. The lowest BCUT2D eigenvalue weighted by Crippen LogP contribution is -2.29. The molecule has 63 valence electrons. The quantitative estimate of drug-likeness (QED) is 0.663. The summed E-state index contributed by atoms with van der Waals surface area (Å²) in [7, 11) is 0. The van der Waals surface area contributed by atoms with Crippen molar-refractivity contribution >= 4 is 0 Å². The van der Waals surface area contributed by atoms with Crippen LogP contribution in [0, 0.1) is 6.07 Å². The number of benzene rings is 1. The van der Waals surface area contributed by atoms with E-state index >= 15 is 0 Å². The predicted molar refractivity (Wildman–Crippen MR) is 50.0 cm³/mol. The van der Waals surface area contributed by atoms with Crippen LogP contribution in [-0.2, 0) is 6.42 Å². The second-order valence-electron chi connectivity index (χ2n) is 3.29. The van der Waals surface area contributed by atoms with Gasteiger partial charge in [-0.05, 0) is 36.6 Å². The monoisotopic (exact) mass is 160 g/mol. The van der Waals surface area contributed by atoms with E-state index < -0.39 is 0 Å². The van der Waals surface area contributed by atoms with Crippen molar-refractivity contribution in [3.8, 4) is 0 Å². The van der Waals surface area contributed by atoms with Gasteiger partial charge >= 0.3 is 0 Å². The van der Waals surface area contributed by atoms with Crippen LogP contribution in [0.5, 0.6) is 0 Å². The Labute approximate surface area is 73.8 Å². The average Bonchev–Trinajstić information content (AvgIpc) is 2.17. The van der Waals surface area contributed by atoms with Gasteiger partial charge < -0.3 is 5.32 Å². The van der Waals surface area contributed by atoms with E-state index in [1.807, 2.05) is 6.07 Å². The van der Waals surface area contributed by atoms with Gasteiger partial charge in [-0.25, -0.2) is 0 Å². The molecule has 0 spiro atoms. The zero-order chi connectivity index (χ0) is 8.39. The van der Waals surface area contributed by atoms with Crippen molar-refractivity contribution in [1.82, 2.24) is 5.32 Å². The maximum Gasteiger partial charge on any atom is 0.0320 e. The molecule has 1 radical (unpaired) electrons. The summed E-state index contributed by atoms with van der Waals surface area (Å²) in [6, 6.07) is 10.0. The summed E-state index contributed by atoms with van der Waals surface area (Å²) < 4.78 is 0. The van der Waals surface area contributed by atoms with Crippen LogP contribution in [0.4, 0.5) is 0 Å². The highest BCUT2D eigenvalue weighted by molar-refractivity contribution is 5.31. The van der Waals surface area contributed by atoms with Crippen LogP contribution in [0.2, 0.25) is 0 Å². The molecule has 0 amide bonds. The van der Waals surface area contributed by atoms with E-state index in [-0.39, 0.29) is 0 Å². The van der Waals surface area contributed by atoms with Crippen molar-refractivity contribution in [3.05, 3.63) is 35.4 Å². The summed E-state index contributed by atoms with van der Waals surface area (Å²) in [6.07, 6.45) is 2.33. The largest absolute Gasteiger partial charge is 0.310 e. The molecule has 1 aliphatic rings. The number of fused-ring (bicyclic) bond motifs is 1. The third-order valence-corrected chi connectivity index (χ3v) is 2.56. The van der Waals surface area contributed by atoms with Crippen LogP contribution in [-0.4, -0.2) is 6.54 Å². The van der Waals surface area contributed by atoms with Gasteiger partial charge in [0.2, 0.25) is 0 Å². The zero-order valence-electron chi connectivity index (χ0n) is 7.43. The zero-order valence-corrected chi connectivity index (χ0v) is 7.43. The smallest absolute Gasteiger partial charge is 0.0320 e. The van der Waals surface area contributed by atoms with E-state index in [9.17, 15) is 0 Å². The molecule has 1 aromatic rings. The van der Waals surface area contributed by atoms with Crippen LogP contribution in [0.25, 0.3) is 0 Å². The van der Waals surface area contributed by atoms with E-state index in [4.69, 9.17) is 0 Å². The minimum Gasteiger partial charge on any atom is -0.310 e. The van der Waals surface area contributed by atoms with E-state index in [0.717, 1.165) is 13.0 Å². The molecular formula is C11H14N. The fourth-order valence-electron chi connectivity index (χ4n) is 1.89. The third kappa shape index (κ3) is 1.25. The predicted octanol–water partition coefficient (Wildman–Crippen LogP) is 2.08. The first-order chi connectivity index (χ1) is 5.92. The van der Waals surface area contributed by atoms with Crippen molar-refractivity contribution in [1.29, 1.82) is 0 Å². The van der Waals surface area contributed by atoms with Gasteiger partial charge in [0.05, 0.1) is 0 Å². The molecule has 0 aromatic heterocycles. The Balaban J connectivity index is 2.37. The summed E-state index contributed by atoms with van der Waals surface area (Å²) in [6.45, 7) is 3.34. The average molecular weight is 160 g/mol. The van der Waals surface area contributed by atoms with Gasteiger partial charge in [-0.1, -0.05) is 25.1 Å². The molecule has 0 saturated heterocycles. The lowest BCUT2D eigenvalue weighted by Gasteiger charge is -2.25. The van der Waals surface area contributed by atoms with Gasteiger partial charge in [0.15, 0.2) is 0 Å². The van der Waals surface area contributed by atoms with Crippen LogP contribution >= 0.6 is 0 Å². The van der Waals surface area contributed by atoms with Crippen molar-refractivity contribution in [2.45, 2.75) is 25.8 Å². The topological polar surface area (TPSA) is 12.0 Å². The van der Waals surface area contributed by atoms with Crippen LogP contribution < -0.4 is 5.32 Å². The molecule has 0 aliphatic carbocycles. The molecule has 1 heterocycles. The second kappa shape index (κ2) is 3.28. The van der Waals surface area contributed by atoms with E-state index in [2.05, 4.69) is 30.4 Å². The molecule has 1 unspecified atom stereocenters. The molecule has 1 atom stereocenters.